The van der Waals surface area contributed by atoms with Crippen molar-refractivity contribution in [2.75, 3.05) is 20.2 Å². The van der Waals surface area contributed by atoms with E-state index < -0.39 is 5.91 Å². The van der Waals surface area contributed by atoms with Crippen LogP contribution in [0.25, 0.3) is 10.8 Å². The van der Waals surface area contributed by atoms with Gasteiger partial charge in [-0.25, -0.2) is 0 Å². The van der Waals surface area contributed by atoms with E-state index in [-0.39, 0.29) is 24.8 Å². The summed E-state index contributed by atoms with van der Waals surface area (Å²) in [4.78, 5) is 23.7. The molecule has 0 aliphatic carbocycles. The highest BCUT2D eigenvalue weighted by Gasteiger charge is 2.11. The number of nitrogens with zero attached hydrogens (tertiary/aromatic N) is 2. The Kier molecular flexibility index (Phi) is 8.31. The monoisotopic (exact) mass is 432 g/mol. The van der Waals surface area contributed by atoms with Crippen LogP contribution in [0, 0.1) is 23.7 Å². The number of likely N-dealkylation sites (N-methyl/N-ethyl adjacent to an activating group) is 1. The van der Waals surface area contributed by atoms with Crippen LogP contribution < -0.4 is 10.5 Å². The molecule has 8 heteroatoms. The Morgan fingerprint density at radius 1 is 1.19 bits per heavy atom. The molecule has 8 nitrogen and oxygen atoms in total. The Hall–Kier alpha value is -4.38. The summed E-state index contributed by atoms with van der Waals surface area (Å²) in [7, 11) is 1.56. The van der Waals surface area contributed by atoms with E-state index in [4.69, 9.17) is 26.2 Å². The molecule has 3 rings (SSSR count). The molecule has 0 fully saturated rings. The van der Waals surface area contributed by atoms with E-state index in [0.717, 1.165) is 16.3 Å². The number of nitriles is 1. The van der Waals surface area contributed by atoms with Gasteiger partial charge in [0.2, 0.25) is 5.91 Å². The largest absolute Gasteiger partial charge is 0.508 e. The molecule has 3 aromatic rings. The number of nitrogens with one attached hydrogen (secondary N) is 1. The first kappa shape index (κ1) is 23.9. The van der Waals surface area contributed by atoms with Crippen molar-refractivity contribution < 1.29 is 19.4 Å². The molecule has 0 saturated carbocycles. The van der Waals surface area contributed by atoms with Crippen molar-refractivity contribution in [1.29, 1.82) is 10.7 Å². The van der Waals surface area contributed by atoms with E-state index in [9.17, 15) is 9.59 Å². The molecular weight excluding hydrogens is 408 g/mol. The van der Waals surface area contributed by atoms with Crippen LogP contribution >= 0.6 is 0 Å². The number of fused-ring (bicyclic) bond motifs is 1. The van der Waals surface area contributed by atoms with Gasteiger partial charge in [-0.05, 0) is 48.2 Å². The minimum atomic E-state index is -0.479. The fraction of sp³-hybridized carbons (Fsp3) is 0.167. The number of rotatable bonds is 6. The van der Waals surface area contributed by atoms with Gasteiger partial charge in [0, 0.05) is 29.8 Å². The maximum absolute atomic E-state index is 11.8. The zero-order valence-electron chi connectivity index (χ0n) is 17.8. The summed E-state index contributed by atoms with van der Waals surface area (Å²) in [6.45, 7) is 1.63. The van der Waals surface area contributed by atoms with E-state index in [0.29, 0.717) is 16.9 Å². The third kappa shape index (κ3) is 6.06. The number of hydrogen-bond acceptors (Lipinski definition) is 6. The molecule has 164 valence electrons. The first-order chi connectivity index (χ1) is 15.3. The molecule has 0 heterocycles. The van der Waals surface area contributed by atoms with Crippen molar-refractivity contribution in [3.05, 3.63) is 71.3 Å². The second-order valence-electron chi connectivity index (χ2n) is 6.90. The van der Waals surface area contributed by atoms with E-state index in [1.54, 1.807) is 32.2 Å². The number of nitrogens with two attached hydrogens (primary N) is 1. The van der Waals surface area contributed by atoms with E-state index in [1.807, 2.05) is 30.3 Å². The molecular formula is C24H24N4O4. The standard InChI is InChI=1S/C16H15N3O2.C8H9NO2/c1-19(9-8-17)16(20)11-21-15-7-6-12(10-18)13-4-2-3-5-14(13)15;1-5-4-6(8(9)11)2-3-7(5)10/h2-7,10,18H,9,11H2,1H3;2-4,10H,1H3,(H2,9,11). The molecule has 0 bridgehead atoms. The number of benzene rings is 3. The van der Waals surface area contributed by atoms with Gasteiger partial charge in [-0.15, -0.1) is 0 Å². The van der Waals surface area contributed by atoms with Crippen molar-refractivity contribution in [2.45, 2.75) is 6.92 Å². The smallest absolute Gasteiger partial charge is 0.261 e. The first-order valence-corrected chi connectivity index (χ1v) is 9.63. The summed E-state index contributed by atoms with van der Waals surface area (Å²) < 4.78 is 5.57. The van der Waals surface area contributed by atoms with E-state index in [1.165, 1.54) is 23.2 Å². The van der Waals surface area contributed by atoms with Gasteiger partial charge >= 0.3 is 0 Å². The number of amides is 2. The molecule has 4 N–H and O–H groups in total. The molecule has 32 heavy (non-hydrogen) atoms. The molecule has 0 spiro atoms. The summed E-state index contributed by atoms with van der Waals surface area (Å²) in [6.07, 6.45) is 1.29. The topological polar surface area (TPSA) is 140 Å². The average Bonchev–Trinajstić information content (AvgIpc) is 2.79. The fourth-order valence-corrected chi connectivity index (χ4v) is 2.80. The van der Waals surface area contributed by atoms with Gasteiger partial charge in [-0.2, -0.15) is 5.26 Å². The summed E-state index contributed by atoms with van der Waals surface area (Å²) in [5.74, 6) is 0.0368. The van der Waals surface area contributed by atoms with Gasteiger partial charge in [0.25, 0.3) is 5.91 Å². The zero-order valence-corrected chi connectivity index (χ0v) is 17.8. The lowest BCUT2D eigenvalue weighted by Gasteiger charge is -2.15. The molecule has 0 atom stereocenters. The normalized spacial score (nSPS) is 9.78. The molecule has 0 unspecified atom stereocenters. The number of phenols is 1. The predicted molar refractivity (Wildman–Crippen MR) is 122 cm³/mol. The zero-order chi connectivity index (χ0) is 23.7. The number of ether oxygens (including phenoxy) is 1. The Morgan fingerprint density at radius 3 is 2.47 bits per heavy atom. The molecule has 2 amide bonds. The molecule has 0 aliphatic rings. The van der Waals surface area contributed by atoms with Crippen LogP contribution in [0.2, 0.25) is 0 Å². The maximum atomic E-state index is 11.8. The lowest BCUT2D eigenvalue weighted by Crippen LogP contribution is -2.31. The number of hydrogen-bond donors (Lipinski definition) is 3. The van der Waals surface area contributed by atoms with Gasteiger partial charge in [0.1, 0.15) is 18.0 Å². The van der Waals surface area contributed by atoms with E-state index in [2.05, 4.69) is 0 Å². The lowest BCUT2D eigenvalue weighted by molar-refractivity contribution is -0.131. The van der Waals surface area contributed by atoms with Crippen LogP contribution in [0.5, 0.6) is 11.5 Å². The van der Waals surface area contributed by atoms with Crippen LogP contribution in [0.4, 0.5) is 0 Å². The Morgan fingerprint density at radius 2 is 1.88 bits per heavy atom. The summed E-state index contributed by atoms with van der Waals surface area (Å²) in [6, 6.07) is 17.5. The third-order valence-electron chi connectivity index (χ3n) is 4.64. The van der Waals surface area contributed by atoms with Gasteiger partial charge in [-0.1, -0.05) is 24.3 Å². The van der Waals surface area contributed by atoms with Crippen molar-refractivity contribution >= 4 is 28.8 Å². The molecule has 3 aromatic carbocycles. The number of phenolic OH excluding ortho intramolecular Hbond substituents is 1. The van der Waals surface area contributed by atoms with Crippen molar-refractivity contribution in [1.82, 2.24) is 4.90 Å². The van der Waals surface area contributed by atoms with Crippen LogP contribution in [-0.2, 0) is 4.79 Å². The van der Waals surface area contributed by atoms with Gasteiger partial charge in [0.05, 0.1) is 6.07 Å². The van der Waals surface area contributed by atoms with Gasteiger partial charge < -0.3 is 25.9 Å². The predicted octanol–water partition coefficient (Wildman–Crippen LogP) is 3.00. The number of carbonyl (C=O) groups is 2. The van der Waals surface area contributed by atoms with Crippen LogP contribution in [0.1, 0.15) is 21.5 Å². The number of aryl methyl sites for hydroxylation is 1. The minimum absolute atomic E-state index is 0.0374. The Balaban J connectivity index is 0.000000278. The van der Waals surface area contributed by atoms with Crippen LogP contribution in [0.15, 0.2) is 54.6 Å². The van der Waals surface area contributed by atoms with Gasteiger partial charge in [-0.3, -0.25) is 9.59 Å². The summed E-state index contributed by atoms with van der Waals surface area (Å²) >= 11 is 0. The number of aromatic hydroxyl groups is 1. The molecule has 0 aliphatic heterocycles. The average molecular weight is 432 g/mol. The van der Waals surface area contributed by atoms with Crippen molar-refractivity contribution in [3.8, 4) is 17.6 Å². The fourth-order valence-electron chi connectivity index (χ4n) is 2.80. The van der Waals surface area contributed by atoms with Crippen LogP contribution in [-0.4, -0.2) is 48.2 Å². The maximum Gasteiger partial charge on any atom is 0.261 e. The minimum Gasteiger partial charge on any atom is -0.508 e. The highest BCUT2D eigenvalue weighted by Crippen LogP contribution is 2.27. The van der Waals surface area contributed by atoms with Crippen molar-refractivity contribution in [3.63, 3.8) is 0 Å². The van der Waals surface area contributed by atoms with Crippen LogP contribution in [0.3, 0.4) is 0 Å². The molecule has 0 aromatic heterocycles. The number of carbonyl (C=O) groups excluding carboxylic acids is 2. The second-order valence-corrected chi connectivity index (χ2v) is 6.90. The number of primary amides is 1. The molecule has 0 saturated heterocycles. The highest BCUT2D eigenvalue weighted by molar-refractivity contribution is 6.01. The summed E-state index contributed by atoms with van der Waals surface area (Å²) in [5, 5.41) is 26.8. The summed E-state index contributed by atoms with van der Waals surface area (Å²) in [5.41, 5.74) is 6.88. The third-order valence-corrected chi connectivity index (χ3v) is 4.64. The quantitative estimate of drug-likeness (QED) is 0.406. The lowest BCUT2D eigenvalue weighted by atomic mass is 10.0. The van der Waals surface area contributed by atoms with E-state index >= 15 is 0 Å². The second kappa shape index (κ2) is 11.1. The highest BCUT2D eigenvalue weighted by atomic mass is 16.5. The first-order valence-electron chi connectivity index (χ1n) is 9.63. The van der Waals surface area contributed by atoms with Gasteiger partial charge in [0.15, 0.2) is 6.61 Å². The SMILES string of the molecule is CN(CC#N)C(=O)COc1ccc(C=N)c2ccccc12.Cc1cc(C(N)=O)ccc1O. The Bertz CT molecular complexity index is 1180. The van der Waals surface area contributed by atoms with Crippen molar-refractivity contribution in [2.24, 2.45) is 5.73 Å². The molecule has 0 radical (unpaired) electrons. The Labute approximate surface area is 186 Å².